The van der Waals surface area contributed by atoms with Crippen LogP contribution in [0.2, 0.25) is 0 Å². The van der Waals surface area contributed by atoms with E-state index in [1.165, 1.54) is 11.3 Å². The Bertz CT molecular complexity index is 274. The fourth-order valence-corrected chi connectivity index (χ4v) is 1.91. The van der Waals surface area contributed by atoms with E-state index in [4.69, 9.17) is 10.5 Å². The first-order valence-electron chi connectivity index (χ1n) is 4.30. The fourth-order valence-electron chi connectivity index (χ4n) is 1.10. The van der Waals surface area contributed by atoms with Gasteiger partial charge in [-0.1, -0.05) is 6.07 Å². The number of hydrogen-bond acceptors (Lipinski definition) is 4. The van der Waals surface area contributed by atoms with E-state index in [1.807, 2.05) is 17.5 Å². The third-order valence-corrected chi connectivity index (χ3v) is 2.70. The minimum atomic E-state index is -0.398. The molecule has 0 spiro atoms. The first kappa shape index (κ1) is 11.2. The summed E-state index contributed by atoms with van der Waals surface area (Å²) in [6.07, 6.45) is 0. The average molecular weight is 214 g/mol. The lowest BCUT2D eigenvalue weighted by atomic mass is 10.2. The second-order valence-electron chi connectivity index (χ2n) is 2.80. The van der Waals surface area contributed by atoms with Crippen LogP contribution in [-0.2, 0) is 9.53 Å². The molecule has 0 aliphatic heterocycles. The van der Waals surface area contributed by atoms with Crippen molar-refractivity contribution in [2.75, 3.05) is 20.3 Å². The molecule has 78 valence electrons. The molecular formula is C9H14N2O2S. The van der Waals surface area contributed by atoms with Crippen molar-refractivity contribution < 1.29 is 9.53 Å². The van der Waals surface area contributed by atoms with E-state index in [0.717, 1.165) is 4.88 Å². The van der Waals surface area contributed by atoms with Gasteiger partial charge in [0.05, 0.1) is 6.61 Å². The maximum Gasteiger partial charge on any atom is 0.239 e. The van der Waals surface area contributed by atoms with Gasteiger partial charge in [-0.2, -0.15) is 0 Å². The normalized spacial score (nSPS) is 12.6. The number of primary amides is 1. The van der Waals surface area contributed by atoms with Gasteiger partial charge in [0.25, 0.3) is 0 Å². The molecule has 3 N–H and O–H groups in total. The van der Waals surface area contributed by atoms with Crippen LogP contribution in [0.15, 0.2) is 17.5 Å². The minimum absolute atomic E-state index is 0.358. The predicted molar refractivity (Wildman–Crippen MR) is 56.1 cm³/mol. The average Bonchev–Trinajstić information content (AvgIpc) is 2.64. The summed E-state index contributed by atoms with van der Waals surface area (Å²) in [5.41, 5.74) is 5.27. The van der Waals surface area contributed by atoms with Gasteiger partial charge >= 0.3 is 0 Å². The SMILES string of the molecule is COCCNC(C(N)=O)c1cccs1. The first-order valence-corrected chi connectivity index (χ1v) is 5.18. The van der Waals surface area contributed by atoms with Gasteiger partial charge in [-0.25, -0.2) is 0 Å². The zero-order chi connectivity index (χ0) is 10.4. The highest BCUT2D eigenvalue weighted by Gasteiger charge is 2.17. The van der Waals surface area contributed by atoms with Crippen molar-refractivity contribution in [2.24, 2.45) is 5.73 Å². The zero-order valence-corrected chi connectivity index (χ0v) is 8.84. The van der Waals surface area contributed by atoms with Gasteiger partial charge < -0.3 is 10.5 Å². The zero-order valence-electron chi connectivity index (χ0n) is 8.03. The molecule has 1 heterocycles. The molecule has 0 saturated carbocycles. The summed E-state index contributed by atoms with van der Waals surface area (Å²) in [6, 6.07) is 3.39. The third-order valence-electron chi connectivity index (χ3n) is 1.77. The number of thiophene rings is 1. The molecule has 1 unspecified atom stereocenters. The molecule has 0 aliphatic carbocycles. The number of carbonyl (C=O) groups is 1. The Morgan fingerprint density at radius 1 is 1.79 bits per heavy atom. The molecule has 0 radical (unpaired) electrons. The highest BCUT2D eigenvalue weighted by atomic mass is 32.1. The van der Waals surface area contributed by atoms with Crippen molar-refractivity contribution in [3.8, 4) is 0 Å². The third kappa shape index (κ3) is 3.10. The van der Waals surface area contributed by atoms with Crippen LogP contribution in [0.3, 0.4) is 0 Å². The lowest BCUT2D eigenvalue weighted by Gasteiger charge is -2.12. The second kappa shape index (κ2) is 5.74. The summed E-state index contributed by atoms with van der Waals surface area (Å²) in [5.74, 6) is -0.358. The molecule has 1 rings (SSSR count). The first-order chi connectivity index (χ1) is 6.75. The Hall–Kier alpha value is -0.910. The maximum absolute atomic E-state index is 11.1. The van der Waals surface area contributed by atoms with Crippen molar-refractivity contribution in [2.45, 2.75) is 6.04 Å². The monoisotopic (exact) mass is 214 g/mol. The molecule has 0 fully saturated rings. The van der Waals surface area contributed by atoms with Crippen LogP contribution < -0.4 is 11.1 Å². The van der Waals surface area contributed by atoms with E-state index in [9.17, 15) is 4.79 Å². The number of hydrogen-bond donors (Lipinski definition) is 2. The Morgan fingerprint density at radius 3 is 3.07 bits per heavy atom. The predicted octanol–water partition coefficient (Wildman–Crippen LogP) is 0.511. The summed E-state index contributed by atoms with van der Waals surface area (Å²) in [4.78, 5) is 12.1. The molecule has 1 aromatic heterocycles. The summed E-state index contributed by atoms with van der Waals surface area (Å²) in [6.45, 7) is 1.18. The minimum Gasteiger partial charge on any atom is -0.383 e. The van der Waals surface area contributed by atoms with E-state index in [-0.39, 0.29) is 5.91 Å². The van der Waals surface area contributed by atoms with Gasteiger partial charge in [0, 0.05) is 18.5 Å². The number of amides is 1. The van der Waals surface area contributed by atoms with Crippen LogP contribution in [0, 0.1) is 0 Å². The molecule has 1 aromatic rings. The number of carbonyl (C=O) groups excluding carboxylic acids is 1. The number of rotatable bonds is 6. The molecule has 4 nitrogen and oxygen atoms in total. The summed E-state index contributed by atoms with van der Waals surface area (Å²) >= 11 is 1.51. The Morgan fingerprint density at radius 2 is 2.57 bits per heavy atom. The molecule has 1 amide bonds. The van der Waals surface area contributed by atoms with Gasteiger partial charge in [-0.15, -0.1) is 11.3 Å². The second-order valence-corrected chi connectivity index (χ2v) is 3.78. The van der Waals surface area contributed by atoms with Crippen LogP contribution in [0.25, 0.3) is 0 Å². The number of ether oxygens (including phenoxy) is 1. The van der Waals surface area contributed by atoms with E-state index in [0.29, 0.717) is 13.2 Å². The van der Waals surface area contributed by atoms with E-state index in [1.54, 1.807) is 7.11 Å². The molecule has 5 heteroatoms. The van der Waals surface area contributed by atoms with Gasteiger partial charge in [0.1, 0.15) is 6.04 Å². The molecule has 0 aliphatic rings. The van der Waals surface area contributed by atoms with Crippen LogP contribution in [-0.4, -0.2) is 26.2 Å². The molecule has 1 atom stereocenters. The quantitative estimate of drug-likeness (QED) is 0.678. The topological polar surface area (TPSA) is 64.3 Å². The molecule has 0 aromatic carbocycles. The van der Waals surface area contributed by atoms with Crippen LogP contribution in [0.4, 0.5) is 0 Å². The standard InChI is InChI=1S/C9H14N2O2S/c1-13-5-4-11-8(9(10)12)7-3-2-6-14-7/h2-3,6,8,11H,4-5H2,1H3,(H2,10,12). The largest absolute Gasteiger partial charge is 0.383 e. The van der Waals surface area contributed by atoms with Gasteiger partial charge in [0.15, 0.2) is 0 Å². The molecule has 0 bridgehead atoms. The van der Waals surface area contributed by atoms with Crippen LogP contribution in [0.5, 0.6) is 0 Å². The van der Waals surface area contributed by atoms with Crippen molar-refractivity contribution in [1.82, 2.24) is 5.32 Å². The van der Waals surface area contributed by atoms with Crippen molar-refractivity contribution >= 4 is 17.2 Å². The highest BCUT2D eigenvalue weighted by Crippen LogP contribution is 2.18. The van der Waals surface area contributed by atoms with Gasteiger partial charge in [-0.05, 0) is 11.4 Å². The summed E-state index contributed by atoms with van der Waals surface area (Å²) < 4.78 is 4.88. The smallest absolute Gasteiger partial charge is 0.239 e. The van der Waals surface area contributed by atoms with E-state index < -0.39 is 6.04 Å². The van der Waals surface area contributed by atoms with Gasteiger partial charge in [-0.3, -0.25) is 10.1 Å². The van der Waals surface area contributed by atoms with E-state index >= 15 is 0 Å². The summed E-state index contributed by atoms with van der Waals surface area (Å²) in [5, 5.41) is 4.95. The number of nitrogens with one attached hydrogen (secondary N) is 1. The van der Waals surface area contributed by atoms with Crippen molar-refractivity contribution in [3.63, 3.8) is 0 Å². The Kier molecular flexibility index (Phi) is 4.58. The molecular weight excluding hydrogens is 200 g/mol. The molecule has 14 heavy (non-hydrogen) atoms. The van der Waals surface area contributed by atoms with E-state index in [2.05, 4.69) is 5.32 Å². The van der Waals surface area contributed by atoms with Crippen molar-refractivity contribution in [3.05, 3.63) is 22.4 Å². The van der Waals surface area contributed by atoms with Crippen LogP contribution >= 0.6 is 11.3 Å². The number of methoxy groups -OCH3 is 1. The Labute approximate surface area is 87.1 Å². The van der Waals surface area contributed by atoms with Crippen molar-refractivity contribution in [1.29, 1.82) is 0 Å². The maximum atomic E-state index is 11.1. The lowest BCUT2D eigenvalue weighted by Crippen LogP contribution is -2.34. The Balaban J connectivity index is 2.52. The van der Waals surface area contributed by atoms with Crippen LogP contribution in [0.1, 0.15) is 10.9 Å². The number of nitrogens with two attached hydrogens (primary N) is 1. The fraction of sp³-hybridized carbons (Fsp3) is 0.444. The summed E-state index contributed by atoms with van der Waals surface area (Å²) in [7, 11) is 1.62. The van der Waals surface area contributed by atoms with Gasteiger partial charge in [0.2, 0.25) is 5.91 Å². The highest BCUT2D eigenvalue weighted by molar-refractivity contribution is 7.10. The molecule has 0 saturated heterocycles. The lowest BCUT2D eigenvalue weighted by molar-refractivity contribution is -0.120.